The summed E-state index contributed by atoms with van der Waals surface area (Å²) in [4.78, 5) is 14.4. The van der Waals surface area contributed by atoms with Gasteiger partial charge in [-0.1, -0.05) is 6.92 Å². The molecule has 0 spiro atoms. The van der Waals surface area contributed by atoms with Gasteiger partial charge in [0.15, 0.2) is 0 Å². The zero-order valence-corrected chi connectivity index (χ0v) is 13.5. The van der Waals surface area contributed by atoms with E-state index >= 15 is 0 Å². The number of hydrogen-bond acceptors (Lipinski definition) is 3. The maximum atomic E-state index is 11.9. The lowest BCUT2D eigenvalue weighted by Crippen LogP contribution is -2.50. The van der Waals surface area contributed by atoms with E-state index in [9.17, 15) is 9.90 Å². The fourth-order valence-corrected chi connectivity index (χ4v) is 3.45. The van der Waals surface area contributed by atoms with E-state index in [4.69, 9.17) is 0 Å². The summed E-state index contributed by atoms with van der Waals surface area (Å²) < 4.78 is 0. The van der Waals surface area contributed by atoms with Crippen molar-refractivity contribution in [2.24, 2.45) is 5.92 Å². The Kier molecular flexibility index (Phi) is 6.30. The standard InChI is InChI=1S/C16H31N3O2/c1-12-4-3-9-19(11-12)13(2)10-17-16(21)18-14-5-7-15(20)8-6-14/h12-15,20H,3-11H2,1-2H3,(H2,17,18,21). The van der Waals surface area contributed by atoms with Gasteiger partial charge >= 0.3 is 6.03 Å². The summed E-state index contributed by atoms with van der Waals surface area (Å²) in [6.07, 6.45) is 5.78. The number of aliphatic hydroxyl groups excluding tert-OH is 1. The highest BCUT2D eigenvalue weighted by molar-refractivity contribution is 5.74. The van der Waals surface area contributed by atoms with Crippen LogP contribution < -0.4 is 10.6 Å². The highest BCUT2D eigenvalue weighted by Gasteiger charge is 2.23. The number of piperidine rings is 1. The van der Waals surface area contributed by atoms with Crippen molar-refractivity contribution in [2.75, 3.05) is 19.6 Å². The van der Waals surface area contributed by atoms with Crippen molar-refractivity contribution in [2.45, 2.75) is 70.6 Å². The zero-order chi connectivity index (χ0) is 15.2. The largest absolute Gasteiger partial charge is 0.393 e. The number of aliphatic hydroxyl groups is 1. The normalized spacial score (nSPS) is 32.4. The van der Waals surface area contributed by atoms with Gasteiger partial charge in [-0.15, -0.1) is 0 Å². The molecule has 0 aromatic heterocycles. The van der Waals surface area contributed by atoms with E-state index in [0.29, 0.717) is 12.6 Å². The third-order valence-electron chi connectivity index (χ3n) is 4.90. The molecule has 2 amide bonds. The molecule has 5 nitrogen and oxygen atoms in total. The van der Waals surface area contributed by atoms with Crippen LogP contribution in [-0.4, -0.2) is 53.9 Å². The van der Waals surface area contributed by atoms with Crippen molar-refractivity contribution in [1.29, 1.82) is 0 Å². The van der Waals surface area contributed by atoms with E-state index in [1.54, 1.807) is 0 Å². The smallest absolute Gasteiger partial charge is 0.315 e. The molecule has 1 aliphatic heterocycles. The number of rotatable bonds is 4. The van der Waals surface area contributed by atoms with Crippen molar-refractivity contribution < 1.29 is 9.90 Å². The number of urea groups is 1. The number of carbonyl (C=O) groups is 1. The predicted molar refractivity (Wildman–Crippen MR) is 84.2 cm³/mol. The molecule has 0 aromatic rings. The SMILES string of the molecule is CC1CCCN(C(C)CNC(=O)NC2CCC(O)CC2)C1. The zero-order valence-electron chi connectivity index (χ0n) is 13.5. The van der Waals surface area contributed by atoms with E-state index in [-0.39, 0.29) is 18.2 Å². The number of carbonyl (C=O) groups excluding carboxylic acids is 1. The number of nitrogens with one attached hydrogen (secondary N) is 2. The minimum atomic E-state index is -0.174. The Labute approximate surface area is 128 Å². The molecule has 3 N–H and O–H groups in total. The average Bonchev–Trinajstić information content (AvgIpc) is 2.47. The molecule has 122 valence electrons. The van der Waals surface area contributed by atoms with Gasteiger partial charge in [0.25, 0.3) is 0 Å². The predicted octanol–water partition coefficient (Wildman–Crippen LogP) is 1.71. The van der Waals surface area contributed by atoms with Gasteiger partial charge < -0.3 is 15.7 Å². The molecular weight excluding hydrogens is 266 g/mol. The summed E-state index contributed by atoms with van der Waals surface area (Å²) in [5.41, 5.74) is 0. The molecule has 21 heavy (non-hydrogen) atoms. The first-order valence-electron chi connectivity index (χ1n) is 8.51. The van der Waals surface area contributed by atoms with Crippen molar-refractivity contribution in [3.05, 3.63) is 0 Å². The third-order valence-corrected chi connectivity index (χ3v) is 4.90. The van der Waals surface area contributed by atoms with Gasteiger partial charge in [0, 0.05) is 25.2 Å². The Morgan fingerprint density at radius 3 is 2.67 bits per heavy atom. The molecule has 2 fully saturated rings. The summed E-state index contributed by atoms with van der Waals surface area (Å²) in [7, 11) is 0. The van der Waals surface area contributed by atoms with E-state index < -0.39 is 0 Å². The number of nitrogens with zero attached hydrogens (tertiary/aromatic N) is 1. The second kappa shape index (κ2) is 7.99. The van der Waals surface area contributed by atoms with E-state index in [0.717, 1.165) is 44.7 Å². The molecule has 0 bridgehead atoms. The fourth-order valence-electron chi connectivity index (χ4n) is 3.45. The Balaban J connectivity index is 1.64. The first kappa shape index (κ1) is 16.6. The fraction of sp³-hybridized carbons (Fsp3) is 0.938. The van der Waals surface area contributed by atoms with Gasteiger partial charge in [-0.05, 0) is 57.9 Å². The third kappa shape index (κ3) is 5.47. The molecule has 0 aromatic carbocycles. The molecule has 1 saturated heterocycles. The van der Waals surface area contributed by atoms with E-state index in [1.165, 1.54) is 12.8 Å². The molecule has 5 heteroatoms. The van der Waals surface area contributed by atoms with Crippen LogP contribution in [0.3, 0.4) is 0 Å². The van der Waals surface area contributed by atoms with Gasteiger partial charge in [-0.2, -0.15) is 0 Å². The van der Waals surface area contributed by atoms with Crippen LogP contribution in [0.5, 0.6) is 0 Å². The van der Waals surface area contributed by atoms with E-state index in [2.05, 4.69) is 29.4 Å². The van der Waals surface area contributed by atoms with Crippen molar-refractivity contribution in [3.63, 3.8) is 0 Å². The maximum Gasteiger partial charge on any atom is 0.315 e. The van der Waals surface area contributed by atoms with Crippen molar-refractivity contribution in [1.82, 2.24) is 15.5 Å². The summed E-state index contributed by atoms with van der Waals surface area (Å²) in [5, 5.41) is 15.5. The topological polar surface area (TPSA) is 64.6 Å². The highest BCUT2D eigenvalue weighted by Crippen LogP contribution is 2.18. The molecule has 2 atom stereocenters. The lowest BCUT2D eigenvalue weighted by Gasteiger charge is -2.35. The minimum Gasteiger partial charge on any atom is -0.393 e. The van der Waals surface area contributed by atoms with Gasteiger partial charge in [0.1, 0.15) is 0 Å². The number of likely N-dealkylation sites (tertiary alicyclic amines) is 1. The van der Waals surface area contributed by atoms with Crippen LogP contribution in [0, 0.1) is 5.92 Å². The summed E-state index contributed by atoms with van der Waals surface area (Å²) in [5.74, 6) is 0.767. The Morgan fingerprint density at radius 1 is 1.29 bits per heavy atom. The molecule has 0 radical (unpaired) electrons. The number of hydrogen-bond donors (Lipinski definition) is 3. The Hall–Kier alpha value is -0.810. The second-order valence-corrected chi connectivity index (χ2v) is 6.95. The number of amides is 2. The van der Waals surface area contributed by atoms with Gasteiger partial charge in [-0.3, -0.25) is 4.90 Å². The second-order valence-electron chi connectivity index (χ2n) is 6.95. The summed E-state index contributed by atoms with van der Waals surface area (Å²) in [6.45, 7) is 7.49. The summed E-state index contributed by atoms with van der Waals surface area (Å²) in [6, 6.07) is 0.554. The van der Waals surface area contributed by atoms with Crippen LogP contribution in [0.4, 0.5) is 4.79 Å². The van der Waals surface area contributed by atoms with Crippen molar-refractivity contribution >= 4 is 6.03 Å². The highest BCUT2D eigenvalue weighted by atomic mass is 16.3. The molecule has 2 aliphatic rings. The first-order chi connectivity index (χ1) is 10.0. The minimum absolute atomic E-state index is 0.0618. The maximum absolute atomic E-state index is 11.9. The molecule has 2 unspecified atom stereocenters. The first-order valence-corrected chi connectivity index (χ1v) is 8.51. The van der Waals surface area contributed by atoms with Crippen molar-refractivity contribution in [3.8, 4) is 0 Å². The van der Waals surface area contributed by atoms with Gasteiger partial charge in [0.05, 0.1) is 6.10 Å². The van der Waals surface area contributed by atoms with Crippen LogP contribution in [-0.2, 0) is 0 Å². The molecule has 2 rings (SSSR count). The molecular formula is C16H31N3O2. The monoisotopic (exact) mass is 297 g/mol. The molecule has 1 aliphatic carbocycles. The lowest BCUT2D eigenvalue weighted by atomic mass is 9.93. The Bertz CT molecular complexity index is 329. The quantitative estimate of drug-likeness (QED) is 0.740. The van der Waals surface area contributed by atoms with Crippen LogP contribution in [0.1, 0.15) is 52.4 Å². The van der Waals surface area contributed by atoms with Crippen LogP contribution in [0.25, 0.3) is 0 Å². The summed E-state index contributed by atoms with van der Waals surface area (Å²) >= 11 is 0. The van der Waals surface area contributed by atoms with Crippen LogP contribution in [0.2, 0.25) is 0 Å². The molecule has 1 saturated carbocycles. The lowest BCUT2D eigenvalue weighted by molar-refractivity contribution is 0.117. The average molecular weight is 297 g/mol. The van der Waals surface area contributed by atoms with Gasteiger partial charge in [0.2, 0.25) is 0 Å². The van der Waals surface area contributed by atoms with Crippen LogP contribution >= 0.6 is 0 Å². The van der Waals surface area contributed by atoms with Crippen LogP contribution in [0.15, 0.2) is 0 Å². The van der Waals surface area contributed by atoms with Gasteiger partial charge in [-0.25, -0.2) is 4.79 Å². The van der Waals surface area contributed by atoms with E-state index in [1.807, 2.05) is 0 Å². The Morgan fingerprint density at radius 2 is 2.00 bits per heavy atom. The molecule has 1 heterocycles.